The summed E-state index contributed by atoms with van der Waals surface area (Å²) < 4.78 is 35.8. The van der Waals surface area contributed by atoms with Gasteiger partial charge in [0.05, 0.1) is 11.9 Å². The molecular weight excluding hydrogens is 151 g/mol. The third kappa shape index (κ3) is 9.36. The third-order valence-electron chi connectivity index (χ3n) is 0.218. The van der Waals surface area contributed by atoms with Gasteiger partial charge in [0.2, 0.25) is 0 Å². The second-order valence-electron chi connectivity index (χ2n) is 0.869. The van der Waals surface area contributed by atoms with Gasteiger partial charge >= 0.3 is 6.18 Å². The number of hydrogen-bond donors (Lipinski definition) is 0. The zero-order chi connectivity index (χ0) is 5.91. The van der Waals surface area contributed by atoms with Crippen LogP contribution in [0.1, 0.15) is 0 Å². The molecule has 0 rings (SSSR count). The summed E-state index contributed by atoms with van der Waals surface area (Å²) in [6.07, 6.45) is -4.30. The van der Waals surface area contributed by atoms with E-state index in [0.717, 1.165) is 0 Å². The first-order valence-electron chi connectivity index (χ1n) is 1.36. The largest absolute Gasteiger partial charge is 0.413 e. The molecule has 1 nitrogen and oxygen atoms in total. The lowest BCUT2D eigenvalue weighted by molar-refractivity contribution is -0.152. The van der Waals surface area contributed by atoms with Crippen LogP contribution in [0.2, 0.25) is 0 Å². The van der Waals surface area contributed by atoms with Crippen molar-refractivity contribution in [2.45, 2.75) is 6.18 Å². The molecule has 0 fully saturated rings. The monoisotopic (exact) mass is 154 g/mol. The molecule has 52 valence electrons. The van der Waals surface area contributed by atoms with Crippen molar-refractivity contribution in [1.82, 2.24) is 0 Å². The van der Waals surface area contributed by atoms with Gasteiger partial charge in [0.25, 0.3) is 0 Å². The van der Waals surface area contributed by atoms with Crippen LogP contribution in [-0.2, 0) is 4.29 Å². The fourth-order valence-corrected chi connectivity index (χ4v) is 0.186. The maximum absolute atomic E-state index is 10.8. The summed E-state index contributed by atoms with van der Waals surface area (Å²) in [4.78, 5) is 0. The second-order valence-corrected chi connectivity index (χ2v) is 1.09. The SMILES string of the molecule is F.FC(F)(F)COCl. The molecule has 0 aliphatic heterocycles. The highest BCUT2D eigenvalue weighted by Gasteiger charge is 2.27. The van der Waals surface area contributed by atoms with Gasteiger partial charge in [-0.15, -0.1) is 0 Å². The molecule has 0 aliphatic rings. The number of alkyl halides is 3. The minimum atomic E-state index is -4.30. The van der Waals surface area contributed by atoms with Gasteiger partial charge in [-0.25, -0.2) is 0 Å². The molecule has 0 unspecified atom stereocenters. The summed E-state index contributed by atoms with van der Waals surface area (Å²) >= 11 is 4.27. The number of hydrogen-bond acceptors (Lipinski definition) is 1. The molecule has 0 N–H and O–H groups in total. The highest BCUT2D eigenvalue weighted by Crippen LogP contribution is 2.14. The van der Waals surface area contributed by atoms with E-state index in [4.69, 9.17) is 0 Å². The molecule has 0 spiro atoms. The van der Waals surface area contributed by atoms with E-state index in [1.165, 1.54) is 0 Å². The first-order chi connectivity index (χ1) is 3.06. The molecule has 0 bridgehead atoms. The standard InChI is InChI=1S/C2H2ClF3O.FH/c3-7-1-2(4,5)6;/h1H2;1H. The van der Waals surface area contributed by atoms with E-state index in [9.17, 15) is 13.2 Å². The zero-order valence-electron chi connectivity index (χ0n) is 3.54. The Labute approximate surface area is 47.9 Å². The van der Waals surface area contributed by atoms with Gasteiger partial charge in [-0.3, -0.25) is 8.99 Å². The van der Waals surface area contributed by atoms with Gasteiger partial charge in [-0.1, -0.05) is 0 Å². The van der Waals surface area contributed by atoms with E-state index in [1.807, 2.05) is 0 Å². The topological polar surface area (TPSA) is 9.23 Å². The highest BCUT2D eigenvalue weighted by molar-refractivity contribution is 6.07. The minimum absolute atomic E-state index is 0. The molecule has 0 heterocycles. The summed E-state index contributed by atoms with van der Waals surface area (Å²) in [7, 11) is 0. The fraction of sp³-hybridized carbons (Fsp3) is 1.00. The number of halogens is 5. The van der Waals surface area contributed by atoms with Crippen LogP contribution in [0.3, 0.4) is 0 Å². The van der Waals surface area contributed by atoms with Crippen LogP contribution in [0, 0.1) is 0 Å². The van der Waals surface area contributed by atoms with E-state index >= 15 is 0 Å². The van der Waals surface area contributed by atoms with Crippen molar-refractivity contribution in [3.05, 3.63) is 0 Å². The molecule has 0 aromatic heterocycles. The van der Waals surface area contributed by atoms with E-state index < -0.39 is 12.8 Å². The highest BCUT2D eigenvalue weighted by atomic mass is 35.5. The van der Waals surface area contributed by atoms with Crippen LogP contribution in [0.4, 0.5) is 17.9 Å². The van der Waals surface area contributed by atoms with E-state index in [1.54, 1.807) is 0 Å². The Kier molecular flexibility index (Phi) is 5.31. The van der Waals surface area contributed by atoms with Crippen LogP contribution >= 0.6 is 11.9 Å². The molecule has 0 radical (unpaired) electrons. The van der Waals surface area contributed by atoms with E-state index in [-0.39, 0.29) is 4.70 Å². The molecule has 0 aromatic carbocycles. The molecule has 0 saturated carbocycles. The second kappa shape index (κ2) is 3.91. The first kappa shape index (κ1) is 10.9. The summed E-state index contributed by atoms with van der Waals surface area (Å²) in [5.74, 6) is 0. The molecule has 0 aliphatic carbocycles. The van der Waals surface area contributed by atoms with Crippen molar-refractivity contribution in [3.63, 3.8) is 0 Å². The van der Waals surface area contributed by atoms with Crippen molar-refractivity contribution in [2.24, 2.45) is 0 Å². The Morgan fingerprint density at radius 2 is 1.75 bits per heavy atom. The molecule has 0 amide bonds. The van der Waals surface area contributed by atoms with Crippen molar-refractivity contribution in [3.8, 4) is 0 Å². The summed E-state index contributed by atoms with van der Waals surface area (Å²) in [5.41, 5.74) is 0. The summed E-state index contributed by atoms with van der Waals surface area (Å²) in [5, 5.41) is 0. The zero-order valence-corrected chi connectivity index (χ0v) is 4.29. The number of rotatable bonds is 1. The Bertz CT molecular complexity index is 52.5. The molecule has 0 aromatic rings. The smallest absolute Gasteiger partial charge is 0.270 e. The lowest BCUT2D eigenvalue weighted by atomic mass is 10.7. The van der Waals surface area contributed by atoms with Crippen LogP contribution in [0.5, 0.6) is 0 Å². The molecular formula is C2H3ClF4O. The van der Waals surface area contributed by atoms with Gasteiger partial charge in [0.1, 0.15) is 0 Å². The van der Waals surface area contributed by atoms with Gasteiger partial charge in [0, 0.05) is 0 Å². The summed E-state index contributed by atoms with van der Waals surface area (Å²) in [6, 6.07) is 0. The van der Waals surface area contributed by atoms with Crippen LogP contribution in [-0.4, -0.2) is 12.8 Å². The molecule has 8 heavy (non-hydrogen) atoms. The van der Waals surface area contributed by atoms with Gasteiger partial charge in [-0.05, 0) is 0 Å². The minimum Gasteiger partial charge on any atom is -0.270 e. The quantitative estimate of drug-likeness (QED) is 0.524. The average molecular weight is 154 g/mol. The van der Waals surface area contributed by atoms with Crippen LogP contribution in [0.15, 0.2) is 0 Å². The molecule has 0 atom stereocenters. The Balaban J connectivity index is 0. The lowest BCUT2D eigenvalue weighted by Crippen LogP contribution is -2.13. The van der Waals surface area contributed by atoms with Gasteiger partial charge < -0.3 is 0 Å². The van der Waals surface area contributed by atoms with Crippen LogP contribution < -0.4 is 0 Å². The Morgan fingerprint density at radius 3 is 1.75 bits per heavy atom. The first-order valence-corrected chi connectivity index (χ1v) is 1.67. The van der Waals surface area contributed by atoms with Crippen molar-refractivity contribution < 1.29 is 22.2 Å². The van der Waals surface area contributed by atoms with Crippen molar-refractivity contribution >= 4 is 11.9 Å². The Hall–Kier alpha value is -0.0300. The normalized spacial score (nSPS) is 10.5. The Morgan fingerprint density at radius 1 is 1.38 bits per heavy atom. The van der Waals surface area contributed by atoms with Crippen LogP contribution in [0.25, 0.3) is 0 Å². The predicted octanol–water partition coefficient (Wildman–Crippen LogP) is 1.87. The fourth-order valence-electron chi connectivity index (χ4n) is 0.0619. The maximum atomic E-state index is 10.8. The average Bonchev–Trinajstić information content (AvgIpc) is 1.30. The van der Waals surface area contributed by atoms with E-state index in [0.29, 0.717) is 0 Å². The molecule has 0 saturated heterocycles. The predicted molar refractivity (Wildman–Crippen MR) is 20.4 cm³/mol. The van der Waals surface area contributed by atoms with Crippen molar-refractivity contribution in [2.75, 3.05) is 6.61 Å². The lowest BCUT2D eigenvalue weighted by Gasteiger charge is -1.98. The maximum Gasteiger partial charge on any atom is 0.413 e. The van der Waals surface area contributed by atoms with Gasteiger partial charge in [0.15, 0.2) is 6.61 Å². The third-order valence-corrected chi connectivity index (χ3v) is 0.327. The summed E-state index contributed by atoms with van der Waals surface area (Å²) in [6.45, 7) is -1.39. The van der Waals surface area contributed by atoms with Crippen molar-refractivity contribution in [1.29, 1.82) is 0 Å². The van der Waals surface area contributed by atoms with Gasteiger partial charge in [-0.2, -0.15) is 13.2 Å². The van der Waals surface area contributed by atoms with E-state index in [2.05, 4.69) is 16.2 Å². The molecule has 6 heteroatoms.